The molecule has 0 heterocycles. The Morgan fingerprint density at radius 1 is 0.953 bits per heavy atom. The van der Waals surface area contributed by atoms with Crippen LogP contribution in [0.4, 0.5) is 0 Å². The van der Waals surface area contributed by atoms with Crippen LogP contribution in [0.25, 0.3) is 0 Å². The molecule has 0 amide bonds. The van der Waals surface area contributed by atoms with Crippen LogP contribution in [0.1, 0.15) is 97.0 Å². The van der Waals surface area contributed by atoms with E-state index in [0.29, 0.717) is 45.5 Å². The van der Waals surface area contributed by atoms with Crippen LogP contribution in [0.5, 0.6) is 0 Å². The highest BCUT2D eigenvalue weighted by Gasteiger charge is 2.42. The number of ketones is 1. The molecule has 0 radical (unpaired) electrons. The summed E-state index contributed by atoms with van der Waals surface area (Å²) in [5.41, 5.74) is 0.962. The molecule has 244 valence electrons. The molecule has 0 bridgehead atoms. The van der Waals surface area contributed by atoms with Gasteiger partial charge in [0.05, 0.1) is 30.8 Å². The maximum atomic E-state index is 13.1. The summed E-state index contributed by atoms with van der Waals surface area (Å²) in [4.78, 5) is 24.9. The van der Waals surface area contributed by atoms with E-state index in [4.69, 9.17) is 18.4 Å². The fourth-order valence-electron chi connectivity index (χ4n) is 5.40. The molecule has 0 N–H and O–H groups in total. The van der Waals surface area contributed by atoms with Gasteiger partial charge in [-0.05, 0) is 76.8 Å². The standard InChI is InChI=1S/C34H54O8S/c1-5-6-7-10-13-21-39-23-24-40-22-20-31-29(26-41-43(37,38)30-18-16-28(4)17-19-30)25-33(35)32(31)14-11-8-9-12-15-34(36)42-27(2)3/h8,11,16-19,27,29,31-32H,5-7,9-10,12-15,20-26H2,1-4H3/t29-,31-,32+/m0/s1. The highest BCUT2D eigenvalue weighted by atomic mass is 32.2. The molecule has 9 heteroatoms. The van der Waals surface area contributed by atoms with Crippen molar-refractivity contribution in [2.75, 3.05) is 33.0 Å². The molecule has 3 atom stereocenters. The third-order valence-corrected chi connectivity index (χ3v) is 9.08. The van der Waals surface area contributed by atoms with Crippen molar-refractivity contribution in [3.8, 4) is 0 Å². The minimum Gasteiger partial charge on any atom is -0.463 e. The molecule has 0 spiro atoms. The summed E-state index contributed by atoms with van der Waals surface area (Å²) in [6.07, 6.45) is 13.2. The lowest BCUT2D eigenvalue weighted by Crippen LogP contribution is -2.23. The van der Waals surface area contributed by atoms with Crippen LogP contribution < -0.4 is 0 Å². The van der Waals surface area contributed by atoms with Crippen molar-refractivity contribution in [3.63, 3.8) is 0 Å². The number of Topliss-reactive ketones (excluding diaryl/α,β-unsaturated/α-hetero) is 1. The van der Waals surface area contributed by atoms with E-state index in [2.05, 4.69) is 6.92 Å². The van der Waals surface area contributed by atoms with E-state index in [-0.39, 0.29) is 53.5 Å². The summed E-state index contributed by atoms with van der Waals surface area (Å²) in [6, 6.07) is 6.56. The minimum atomic E-state index is -3.92. The van der Waals surface area contributed by atoms with Gasteiger partial charge < -0.3 is 14.2 Å². The fraction of sp³-hybridized carbons (Fsp3) is 0.706. The predicted octanol–water partition coefficient (Wildman–Crippen LogP) is 6.98. The van der Waals surface area contributed by atoms with Gasteiger partial charge in [0.25, 0.3) is 10.1 Å². The van der Waals surface area contributed by atoms with Crippen molar-refractivity contribution >= 4 is 21.9 Å². The topological polar surface area (TPSA) is 105 Å². The SMILES string of the molecule is CCCCCCCOCCOCC[C@H]1[C@H](COS(=O)(=O)c2ccc(C)cc2)CC(=O)[C@@H]1CC=CCCCC(=O)OC(C)C. The monoisotopic (exact) mass is 622 g/mol. The molecule has 1 saturated carbocycles. The summed E-state index contributed by atoms with van der Waals surface area (Å²) in [5, 5.41) is 0. The highest BCUT2D eigenvalue weighted by Crippen LogP contribution is 2.39. The Kier molecular flexibility index (Phi) is 18.0. The first-order chi connectivity index (χ1) is 20.6. The van der Waals surface area contributed by atoms with Crippen molar-refractivity contribution in [2.45, 2.75) is 109 Å². The second-order valence-corrected chi connectivity index (χ2v) is 13.4. The zero-order valence-electron chi connectivity index (χ0n) is 26.8. The van der Waals surface area contributed by atoms with Gasteiger partial charge in [-0.3, -0.25) is 13.8 Å². The van der Waals surface area contributed by atoms with E-state index in [1.54, 1.807) is 24.3 Å². The van der Waals surface area contributed by atoms with E-state index in [0.717, 1.165) is 25.0 Å². The quantitative estimate of drug-likeness (QED) is 0.0557. The Morgan fingerprint density at radius 3 is 2.35 bits per heavy atom. The van der Waals surface area contributed by atoms with E-state index in [1.165, 1.54) is 25.7 Å². The smallest absolute Gasteiger partial charge is 0.306 e. The predicted molar refractivity (Wildman–Crippen MR) is 168 cm³/mol. The molecule has 1 fully saturated rings. The largest absolute Gasteiger partial charge is 0.463 e. The van der Waals surface area contributed by atoms with Gasteiger partial charge in [0.1, 0.15) is 5.78 Å². The molecule has 43 heavy (non-hydrogen) atoms. The molecule has 0 aliphatic heterocycles. The average Bonchev–Trinajstić information content (AvgIpc) is 3.26. The van der Waals surface area contributed by atoms with Gasteiger partial charge in [0, 0.05) is 32.0 Å². The van der Waals surface area contributed by atoms with Crippen molar-refractivity contribution < 1.29 is 36.4 Å². The lowest BCUT2D eigenvalue weighted by atomic mass is 9.85. The van der Waals surface area contributed by atoms with Crippen molar-refractivity contribution in [1.82, 2.24) is 0 Å². The van der Waals surface area contributed by atoms with E-state index in [1.807, 2.05) is 32.9 Å². The number of benzene rings is 1. The van der Waals surface area contributed by atoms with Gasteiger partial charge in [0.15, 0.2) is 0 Å². The fourth-order valence-corrected chi connectivity index (χ4v) is 6.36. The van der Waals surface area contributed by atoms with Crippen molar-refractivity contribution in [1.29, 1.82) is 0 Å². The number of unbranched alkanes of at least 4 members (excludes halogenated alkanes) is 5. The number of aryl methyl sites for hydroxylation is 1. The summed E-state index contributed by atoms with van der Waals surface area (Å²) < 4.78 is 47.8. The second kappa shape index (κ2) is 20.8. The van der Waals surface area contributed by atoms with Crippen molar-refractivity contribution in [3.05, 3.63) is 42.0 Å². The number of carbonyl (C=O) groups excluding carboxylic acids is 2. The summed E-state index contributed by atoms with van der Waals surface area (Å²) >= 11 is 0. The Labute approximate surface area is 260 Å². The molecule has 1 aromatic carbocycles. The van der Waals surface area contributed by atoms with Crippen molar-refractivity contribution in [2.24, 2.45) is 17.8 Å². The molecule has 1 aliphatic carbocycles. The lowest BCUT2D eigenvalue weighted by molar-refractivity contribution is -0.147. The number of ether oxygens (including phenoxy) is 3. The maximum absolute atomic E-state index is 13.1. The minimum absolute atomic E-state index is 0.0358. The van der Waals surface area contributed by atoms with Crippen LogP contribution in [0.15, 0.2) is 41.3 Å². The van der Waals surface area contributed by atoms with Crippen LogP contribution in [0.2, 0.25) is 0 Å². The average molecular weight is 623 g/mol. The maximum Gasteiger partial charge on any atom is 0.306 e. The number of carbonyl (C=O) groups is 2. The molecule has 2 rings (SSSR count). The van der Waals surface area contributed by atoms with Crippen LogP contribution in [0, 0.1) is 24.7 Å². The zero-order chi connectivity index (χ0) is 31.5. The van der Waals surface area contributed by atoms with Gasteiger partial charge in [-0.25, -0.2) is 0 Å². The third-order valence-electron chi connectivity index (χ3n) is 7.78. The summed E-state index contributed by atoms with van der Waals surface area (Å²) in [5.74, 6) is -0.551. The molecule has 8 nitrogen and oxygen atoms in total. The molecule has 0 saturated heterocycles. The number of allylic oxidation sites excluding steroid dienone is 2. The normalized spacial score (nSPS) is 19.1. The Balaban J connectivity index is 1.88. The van der Waals surface area contributed by atoms with E-state index >= 15 is 0 Å². The van der Waals surface area contributed by atoms with Gasteiger partial charge in [-0.1, -0.05) is 62.5 Å². The molecule has 1 aliphatic rings. The number of hydrogen-bond donors (Lipinski definition) is 0. The zero-order valence-corrected chi connectivity index (χ0v) is 27.6. The highest BCUT2D eigenvalue weighted by molar-refractivity contribution is 7.86. The third kappa shape index (κ3) is 15.0. The van der Waals surface area contributed by atoms with Crippen LogP contribution in [0.3, 0.4) is 0 Å². The Hall–Kier alpha value is -2.07. The summed E-state index contributed by atoms with van der Waals surface area (Å²) in [7, 11) is -3.92. The molecule has 0 unspecified atom stereocenters. The first-order valence-corrected chi connectivity index (χ1v) is 17.5. The van der Waals surface area contributed by atoms with E-state index in [9.17, 15) is 18.0 Å². The molecular formula is C34H54O8S. The van der Waals surface area contributed by atoms with Crippen LogP contribution in [-0.4, -0.2) is 59.3 Å². The number of hydrogen-bond acceptors (Lipinski definition) is 8. The lowest BCUT2D eigenvalue weighted by Gasteiger charge is -2.23. The first-order valence-electron chi connectivity index (χ1n) is 16.1. The molecular weight excluding hydrogens is 568 g/mol. The van der Waals surface area contributed by atoms with Gasteiger partial charge in [0.2, 0.25) is 0 Å². The molecule has 1 aromatic rings. The molecule has 0 aromatic heterocycles. The van der Waals surface area contributed by atoms with Crippen LogP contribution in [-0.2, 0) is 38.1 Å². The first kappa shape index (κ1) is 37.1. The number of esters is 1. The van der Waals surface area contributed by atoms with Gasteiger partial charge in [-0.2, -0.15) is 8.42 Å². The van der Waals surface area contributed by atoms with Gasteiger partial charge >= 0.3 is 5.97 Å². The van der Waals surface area contributed by atoms with Crippen LogP contribution >= 0.6 is 0 Å². The number of rotatable bonds is 23. The van der Waals surface area contributed by atoms with Gasteiger partial charge in [-0.15, -0.1) is 0 Å². The second-order valence-electron chi connectivity index (χ2n) is 11.8. The summed E-state index contributed by atoms with van der Waals surface area (Å²) in [6.45, 7) is 9.96. The Morgan fingerprint density at radius 2 is 1.65 bits per heavy atom. The van der Waals surface area contributed by atoms with E-state index < -0.39 is 10.1 Å². The Bertz CT molecular complexity index is 1060.